The molecule has 1 saturated heterocycles. The largest absolute Gasteiger partial charge is 0.355 e. The Morgan fingerprint density at radius 3 is 2.61 bits per heavy atom. The van der Waals surface area contributed by atoms with Gasteiger partial charge in [0, 0.05) is 19.6 Å². The monoisotopic (exact) mass is 248 g/mol. The van der Waals surface area contributed by atoms with Gasteiger partial charge in [-0.15, -0.1) is 5.10 Å². The molecule has 0 spiro atoms. The molecule has 1 aliphatic rings. The van der Waals surface area contributed by atoms with E-state index in [9.17, 15) is 0 Å². The molecule has 1 aromatic rings. The Kier molecular flexibility index (Phi) is 3.85. The van der Waals surface area contributed by atoms with Crippen molar-refractivity contribution in [1.82, 2.24) is 15.5 Å². The highest BCUT2D eigenvalue weighted by Crippen LogP contribution is 2.34. The maximum atomic E-state index is 4.33. The van der Waals surface area contributed by atoms with Crippen molar-refractivity contribution in [2.45, 2.75) is 33.7 Å². The van der Waals surface area contributed by atoms with Crippen LogP contribution < -0.4 is 10.2 Å². The minimum Gasteiger partial charge on any atom is -0.355 e. The fourth-order valence-corrected chi connectivity index (χ4v) is 2.47. The SMILES string of the molecule is CNCc1ccc(N2CCC(C(C)(C)C)C2)nn1. The molecule has 100 valence electrons. The van der Waals surface area contributed by atoms with Crippen molar-refractivity contribution in [2.75, 3.05) is 25.0 Å². The minimum absolute atomic E-state index is 0.383. The van der Waals surface area contributed by atoms with Gasteiger partial charge in [0.2, 0.25) is 0 Å². The summed E-state index contributed by atoms with van der Waals surface area (Å²) in [5, 5.41) is 11.7. The first-order valence-electron chi connectivity index (χ1n) is 6.73. The van der Waals surface area contributed by atoms with Gasteiger partial charge in [-0.25, -0.2) is 0 Å². The third kappa shape index (κ3) is 2.99. The molecule has 1 aliphatic heterocycles. The van der Waals surface area contributed by atoms with Crippen molar-refractivity contribution in [2.24, 2.45) is 11.3 Å². The molecule has 1 atom stereocenters. The summed E-state index contributed by atoms with van der Waals surface area (Å²) < 4.78 is 0. The first kappa shape index (κ1) is 13.3. The van der Waals surface area contributed by atoms with Crippen molar-refractivity contribution in [3.8, 4) is 0 Å². The van der Waals surface area contributed by atoms with Gasteiger partial charge in [0.25, 0.3) is 0 Å². The second kappa shape index (κ2) is 5.22. The van der Waals surface area contributed by atoms with Gasteiger partial charge in [-0.3, -0.25) is 0 Å². The Morgan fingerprint density at radius 2 is 2.11 bits per heavy atom. The van der Waals surface area contributed by atoms with Crippen LogP contribution >= 0.6 is 0 Å². The van der Waals surface area contributed by atoms with Crippen molar-refractivity contribution in [1.29, 1.82) is 0 Å². The van der Waals surface area contributed by atoms with Crippen LogP contribution in [-0.4, -0.2) is 30.3 Å². The summed E-state index contributed by atoms with van der Waals surface area (Å²) in [7, 11) is 1.92. The molecule has 1 fully saturated rings. The van der Waals surface area contributed by atoms with Crippen LogP contribution in [0.3, 0.4) is 0 Å². The van der Waals surface area contributed by atoms with E-state index < -0.39 is 0 Å². The molecule has 2 rings (SSSR count). The van der Waals surface area contributed by atoms with E-state index in [1.54, 1.807) is 0 Å². The van der Waals surface area contributed by atoms with E-state index in [1.165, 1.54) is 6.42 Å². The Bertz CT molecular complexity index is 380. The van der Waals surface area contributed by atoms with E-state index in [-0.39, 0.29) is 0 Å². The summed E-state index contributed by atoms with van der Waals surface area (Å²) in [4.78, 5) is 2.35. The standard InChI is InChI=1S/C14H24N4/c1-14(2,3)11-7-8-18(10-11)13-6-5-12(9-15-4)16-17-13/h5-6,11,15H,7-10H2,1-4H3. The Morgan fingerprint density at radius 1 is 1.33 bits per heavy atom. The summed E-state index contributed by atoms with van der Waals surface area (Å²) in [6.07, 6.45) is 1.25. The predicted molar refractivity (Wildman–Crippen MR) is 74.6 cm³/mol. The number of nitrogens with one attached hydrogen (secondary N) is 1. The minimum atomic E-state index is 0.383. The molecule has 1 unspecified atom stereocenters. The van der Waals surface area contributed by atoms with Gasteiger partial charge in [0.15, 0.2) is 5.82 Å². The van der Waals surface area contributed by atoms with Gasteiger partial charge < -0.3 is 10.2 Å². The maximum absolute atomic E-state index is 4.33. The van der Waals surface area contributed by atoms with Gasteiger partial charge in [-0.05, 0) is 36.9 Å². The number of rotatable bonds is 3. The highest BCUT2D eigenvalue weighted by Gasteiger charge is 2.32. The van der Waals surface area contributed by atoms with Crippen molar-refractivity contribution in [3.05, 3.63) is 17.8 Å². The first-order chi connectivity index (χ1) is 8.50. The van der Waals surface area contributed by atoms with Crippen molar-refractivity contribution in [3.63, 3.8) is 0 Å². The maximum Gasteiger partial charge on any atom is 0.151 e. The van der Waals surface area contributed by atoms with Crippen LogP contribution in [0.5, 0.6) is 0 Å². The van der Waals surface area contributed by atoms with Gasteiger partial charge in [-0.1, -0.05) is 20.8 Å². The molecule has 0 saturated carbocycles. The lowest BCUT2D eigenvalue weighted by Crippen LogP contribution is -2.26. The molecule has 2 heterocycles. The molecule has 4 nitrogen and oxygen atoms in total. The molecule has 0 radical (unpaired) electrons. The second-order valence-corrected chi connectivity index (χ2v) is 6.21. The van der Waals surface area contributed by atoms with E-state index in [0.29, 0.717) is 5.41 Å². The van der Waals surface area contributed by atoms with E-state index in [1.807, 2.05) is 7.05 Å². The lowest BCUT2D eigenvalue weighted by atomic mass is 9.80. The highest BCUT2D eigenvalue weighted by molar-refractivity contribution is 5.38. The topological polar surface area (TPSA) is 41.0 Å². The Balaban J connectivity index is 2.01. The second-order valence-electron chi connectivity index (χ2n) is 6.21. The summed E-state index contributed by atoms with van der Waals surface area (Å²) >= 11 is 0. The van der Waals surface area contributed by atoms with Crippen LogP contribution in [0.25, 0.3) is 0 Å². The zero-order chi connectivity index (χ0) is 13.2. The van der Waals surface area contributed by atoms with Crippen molar-refractivity contribution >= 4 is 5.82 Å². The molecule has 0 aliphatic carbocycles. The number of anilines is 1. The summed E-state index contributed by atoms with van der Waals surface area (Å²) in [6, 6.07) is 4.15. The highest BCUT2D eigenvalue weighted by atomic mass is 15.3. The Hall–Kier alpha value is -1.16. The zero-order valence-corrected chi connectivity index (χ0v) is 11.9. The quantitative estimate of drug-likeness (QED) is 0.889. The van der Waals surface area contributed by atoms with Gasteiger partial charge >= 0.3 is 0 Å². The average Bonchev–Trinajstić information content (AvgIpc) is 2.79. The third-order valence-corrected chi connectivity index (χ3v) is 3.80. The zero-order valence-electron chi connectivity index (χ0n) is 11.9. The number of hydrogen-bond acceptors (Lipinski definition) is 4. The number of aromatic nitrogens is 2. The van der Waals surface area contributed by atoms with Crippen LogP contribution in [0.4, 0.5) is 5.82 Å². The van der Waals surface area contributed by atoms with E-state index in [2.05, 4.69) is 53.3 Å². The number of nitrogens with zero attached hydrogens (tertiary/aromatic N) is 3. The van der Waals surface area contributed by atoms with E-state index in [0.717, 1.165) is 37.1 Å². The lowest BCUT2D eigenvalue weighted by molar-refractivity contribution is 0.263. The summed E-state index contributed by atoms with van der Waals surface area (Å²) in [6.45, 7) is 9.94. The Labute approximate surface area is 110 Å². The molecule has 1 aromatic heterocycles. The smallest absolute Gasteiger partial charge is 0.151 e. The fraction of sp³-hybridized carbons (Fsp3) is 0.714. The molecule has 0 aromatic carbocycles. The molecular formula is C14H24N4. The molecule has 18 heavy (non-hydrogen) atoms. The van der Waals surface area contributed by atoms with Crippen LogP contribution in [0.15, 0.2) is 12.1 Å². The normalized spacial score (nSPS) is 20.4. The summed E-state index contributed by atoms with van der Waals surface area (Å²) in [5.41, 5.74) is 1.38. The van der Waals surface area contributed by atoms with Gasteiger partial charge in [0.1, 0.15) is 0 Å². The molecular weight excluding hydrogens is 224 g/mol. The summed E-state index contributed by atoms with van der Waals surface area (Å²) in [5.74, 6) is 1.76. The van der Waals surface area contributed by atoms with Crippen LogP contribution in [0, 0.1) is 11.3 Å². The predicted octanol–water partition coefficient (Wildman–Crippen LogP) is 2.07. The molecule has 4 heteroatoms. The number of hydrogen-bond donors (Lipinski definition) is 1. The van der Waals surface area contributed by atoms with E-state index in [4.69, 9.17) is 0 Å². The molecule has 0 amide bonds. The van der Waals surface area contributed by atoms with Gasteiger partial charge in [0.05, 0.1) is 5.69 Å². The van der Waals surface area contributed by atoms with Crippen molar-refractivity contribution < 1.29 is 0 Å². The van der Waals surface area contributed by atoms with E-state index >= 15 is 0 Å². The van der Waals surface area contributed by atoms with Crippen LogP contribution in [0.1, 0.15) is 32.9 Å². The third-order valence-electron chi connectivity index (χ3n) is 3.80. The molecule has 1 N–H and O–H groups in total. The molecule has 0 bridgehead atoms. The van der Waals surface area contributed by atoms with Gasteiger partial charge in [-0.2, -0.15) is 5.10 Å². The van der Waals surface area contributed by atoms with Crippen LogP contribution in [0.2, 0.25) is 0 Å². The van der Waals surface area contributed by atoms with Crippen LogP contribution in [-0.2, 0) is 6.54 Å². The lowest BCUT2D eigenvalue weighted by Gasteiger charge is -2.27. The fourth-order valence-electron chi connectivity index (χ4n) is 2.47. The first-order valence-corrected chi connectivity index (χ1v) is 6.73. The average molecular weight is 248 g/mol.